The molecule has 1 fully saturated rings. The summed E-state index contributed by atoms with van der Waals surface area (Å²) in [5.41, 5.74) is 1.86. The van der Waals surface area contributed by atoms with Gasteiger partial charge < -0.3 is 24.8 Å². The molecular formula is C31H32F4N6O2. The number of benzene rings is 2. The molecule has 0 unspecified atom stereocenters. The smallest absolute Gasteiger partial charge is 0.416 e. The number of nitrogens with zero attached hydrogens (tertiary/aromatic N) is 4. The number of piperazine rings is 1. The van der Waals surface area contributed by atoms with Crippen molar-refractivity contribution in [2.75, 3.05) is 44.6 Å². The van der Waals surface area contributed by atoms with Crippen LogP contribution in [0.2, 0.25) is 0 Å². The molecule has 0 spiro atoms. The van der Waals surface area contributed by atoms with Gasteiger partial charge in [-0.25, -0.2) is 14.2 Å². The molecule has 2 aromatic carbocycles. The number of aromatic amines is 1. The molecular weight excluding hydrogens is 564 g/mol. The van der Waals surface area contributed by atoms with Crippen LogP contribution in [0.4, 0.5) is 28.0 Å². The summed E-state index contributed by atoms with van der Waals surface area (Å²) in [6.45, 7) is 6.91. The standard InChI is InChI=1S/C31H32F4N6O2/c1-2-39-11-13-40(14-12-39)18-21-3-5-23(16-26(21)31(33,34)35)38-30(42)41-10-8-20-4-6-24(15-22(20)19-41)43-28-25-7-9-36-29(25)37-17-27(28)32/h3-7,9,15-17H,2,8,10-14,18-19H2,1H3,(H,36,37)(H,38,42). The van der Waals surface area contributed by atoms with Gasteiger partial charge in [-0.05, 0) is 60.0 Å². The second kappa shape index (κ2) is 11.8. The van der Waals surface area contributed by atoms with Gasteiger partial charge in [0.15, 0.2) is 11.6 Å². The topological polar surface area (TPSA) is 76.7 Å². The number of nitrogens with one attached hydrogen (secondary N) is 2. The molecule has 226 valence electrons. The third-order valence-corrected chi connectivity index (χ3v) is 8.16. The Morgan fingerprint density at radius 1 is 1.02 bits per heavy atom. The van der Waals surface area contributed by atoms with E-state index in [1.54, 1.807) is 24.4 Å². The number of carbonyl (C=O) groups is 1. The number of pyridine rings is 1. The summed E-state index contributed by atoms with van der Waals surface area (Å²) < 4.78 is 62.6. The zero-order chi connectivity index (χ0) is 30.1. The number of rotatable bonds is 6. The van der Waals surface area contributed by atoms with Crippen molar-refractivity contribution < 1.29 is 27.1 Å². The molecule has 4 heterocycles. The van der Waals surface area contributed by atoms with Crippen LogP contribution in [0, 0.1) is 5.82 Å². The maximum absolute atomic E-state index is 14.5. The summed E-state index contributed by atoms with van der Waals surface area (Å²) >= 11 is 0. The van der Waals surface area contributed by atoms with Crippen molar-refractivity contribution in [1.82, 2.24) is 24.7 Å². The van der Waals surface area contributed by atoms with E-state index < -0.39 is 23.6 Å². The highest BCUT2D eigenvalue weighted by Gasteiger charge is 2.34. The molecule has 43 heavy (non-hydrogen) atoms. The number of amides is 2. The van der Waals surface area contributed by atoms with E-state index in [0.717, 1.165) is 43.0 Å². The number of halogens is 4. The van der Waals surface area contributed by atoms with E-state index in [1.165, 1.54) is 17.0 Å². The highest BCUT2D eigenvalue weighted by molar-refractivity contribution is 5.89. The van der Waals surface area contributed by atoms with Gasteiger partial charge in [0.1, 0.15) is 11.4 Å². The van der Waals surface area contributed by atoms with E-state index in [0.29, 0.717) is 42.8 Å². The van der Waals surface area contributed by atoms with Crippen molar-refractivity contribution in [3.8, 4) is 11.5 Å². The third-order valence-electron chi connectivity index (χ3n) is 8.16. The molecule has 0 aliphatic carbocycles. The quantitative estimate of drug-likeness (QED) is 0.258. The average molecular weight is 597 g/mol. The molecule has 4 aromatic rings. The number of anilines is 1. The van der Waals surface area contributed by atoms with E-state index in [2.05, 4.69) is 27.1 Å². The molecule has 12 heteroatoms. The van der Waals surface area contributed by atoms with Crippen molar-refractivity contribution >= 4 is 22.8 Å². The van der Waals surface area contributed by atoms with Crippen molar-refractivity contribution in [3.05, 3.63) is 82.9 Å². The maximum atomic E-state index is 14.5. The lowest BCUT2D eigenvalue weighted by molar-refractivity contribution is -0.138. The molecule has 6 rings (SSSR count). The van der Waals surface area contributed by atoms with Crippen LogP contribution >= 0.6 is 0 Å². The number of ether oxygens (including phenoxy) is 1. The number of aromatic nitrogens is 2. The SMILES string of the molecule is CCN1CCN(Cc2ccc(NC(=O)N3CCc4ccc(Oc5c(F)cnc6[nH]ccc56)cc4C3)cc2C(F)(F)F)CC1. The first-order chi connectivity index (χ1) is 20.7. The molecule has 2 aliphatic rings. The van der Waals surface area contributed by atoms with E-state index in [-0.39, 0.29) is 30.1 Å². The van der Waals surface area contributed by atoms with E-state index in [9.17, 15) is 22.4 Å². The van der Waals surface area contributed by atoms with E-state index in [1.807, 2.05) is 11.0 Å². The Balaban J connectivity index is 1.14. The molecule has 2 aliphatic heterocycles. The Hall–Kier alpha value is -4.16. The number of hydrogen-bond acceptors (Lipinski definition) is 5. The fourth-order valence-corrected chi connectivity index (χ4v) is 5.71. The number of likely N-dealkylation sites (N-methyl/N-ethyl adjacent to an activating group) is 1. The minimum absolute atomic E-state index is 0.0451. The van der Waals surface area contributed by atoms with Crippen molar-refractivity contribution in [2.45, 2.75) is 32.6 Å². The van der Waals surface area contributed by atoms with E-state index >= 15 is 0 Å². The van der Waals surface area contributed by atoms with Crippen LogP contribution in [0.15, 0.2) is 54.9 Å². The van der Waals surface area contributed by atoms with Crippen molar-refractivity contribution in [2.24, 2.45) is 0 Å². The Morgan fingerprint density at radius 2 is 1.81 bits per heavy atom. The first-order valence-corrected chi connectivity index (χ1v) is 14.3. The highest BCUT2D eigenvalue weighted by atomic mass is 19.4. The fraction of sp³-hybridized carbons (Fsp3) is 0.355. The maximum Gasteiger partial charge on any atom is 0.416 e. The lowest BCUT2D eigenvalue weighted by Gasteiger charge is -2.34. The monoisotopic (exact) mass is 596 g/mol. The summed E-state index contributed by atoms with van der Waals surface area (Å²) in [6, 6.07) is 10.6. The van der Waals surface area contributed by atoms with Crippen LogP contribution in [0.5, 0.6) is 11.5 Å². The lowest BCUT2D eigenvalue weighted by atomic mass is 9.99. The summed E-state index contributed by atoms with van der Waals surface area (Å²) in [5.74, 6) is -0.159. The second-order valence-corrected chi connectivity index (χ2v) is 10.9. The Labute approximate surface area is 246 Å². The van der Waals surface area contributed by atoms with Gasteiger partial charge in [0.05, 0.1) is 17.1 Å². The minimum atomic E-state index is -4.55. The molecule has 8 nitrogen and oxygen atoms in total. The van der Waals surface area contributed by atoms with Crippen LogP contribution in [0.3, 0.4) is 0 Å². The normalized spacial score (nSPS) is 16.3. The summed E-state index contributed by atoms with van der Waals surface area (Å²) in [5, 5.41) is 3.16. The first kappa shape index (κ1) is 28.9. The molecule has 2 aromatic heterocycles. The predicted molar refractivity (Wildman–Crippen MR) is 155 cm³/mol. The number of carbonyl (C=O) groups excluding carboxylic acids is 1. The van der Waals surface area contributed by atoms with Crippen molar-refractivity contribution in [1.29, 1.82) is 0 Å². The Bertz CT molecular complexity index is 1630. The van der Waals surface area contributed by atoms with Crippen molar-refractivity contribution in [3.63, 3.8) is 0 Å². The van der Waals surface area contributed by atoms with Crippen LogP contribution in [-0.4, -0.2) is 70.0 Å². The van der Waals surface area contributed by atoms with Gasteiger partial charge in [0.25, 0.3) is 0 Å². The van der Waals surface area contributed by atoms with Gasteiger partial charge >= 0.3 is 12.2 Å². The molecule has 0 saturated carbocycles. The molecule has 2 N–H and O–H groups in total. The van der Waals surface area contributed by atoms with E-state index in [4.69, 9.17) is 4.74 Å². The number of urea groups is 1. The second-order valence-electron chi connectivity index (χ2n) is 10.9. The summed E-state index contributed by atoms with van der Waals surface area (Å²) in [7, 11) is 0. The number of alkyl halides is 3. The van der Waals surface area contributed by atoms with Gasteiger partial charge in [-0.1, -0.05) is 19.1 Å². The Morgan fingerprint density at radius 3 is 2.58 bits per heavy atom. The van der Waals surface area contributed by atoms with Gasteiger partial charge in [0.2, 0.25) is 0 Å². The predicted octanol–water partition coefficient (Wildman–Crippen LogP) is 6.24. The third kappa shape index (κ3) is 6.30. The number of fused-ring (bicyclic) bond motifs is 2. The van der Waals surface area contributed by atoms with Crippen LogP contribution < -0.4 is 10.1 Å². The molecule has 1 saturated heterocycles. The van der Waals surface area contributed by atoms with Gasteiger partial charge in [-0.15, -0.1) is 0 Å². The first-order valence-electron chi connectivity index (χ1n) is 14.3. The van der Waals surface area contributed by atoms with Crippen LogP contribution in [0.1, 0.15) is 29.2 Å². The zero-order valence-corrected chi connectivity index (χ0v) is 23.7. The molecule has 0 atom stereocenters. The van der Waals surface area contributed by atoms with Gasteiger partial charge in [-0.2, -0.15) is 13.2 Å². The zero-order valence-electron chi connectivity index (χ0n) is 23.7. The summed E-state index contributed by atoms with van der Waals surface area (Å²) in [6.07, 6.45) is -1.26. The highest BCUT2D eigenvalue weighted by Crippen LogP contribution is 2.36. The lowest BCUT2D eigenvalue weighted by Crippen LogP contribution is -2.45. The van der Waals surface area contributed by atoms with Crippen LogP contribution in [-0.2, 0) is 25.7 Å². The Kier molecular flexibility index (Phi) is 7.97. The minimum Gasteiger partial charge on any atom is -0.453 e. The number of H-pyrrole nitrogens is 1. The average Bonchev–Trinajstić information content (AvgIpc) is 3.48. The number of hydrogen-bond donors (Lipinski definition) is 2. The van der Waals surface area contributed by atoms with Gasteiger partial charge in [0, 0.05) is 57.7 Å². The summed E-state index contributed by atoms with van der Waals surface area (Å²) in [4.78, 5) is 25.9. The van der Waals surface area contributed by atoms with Crippen LogP contribution in [0.25, 0.3) is 11.0 Å². The molecule has 0 bridgehead atoms. The molecule has 0 radical (unpaired) electrons. The molecule has 2 amide bonds. The fourth-order valence-electron chi connectivity index (χ4n) is 5.71. The largest absolute Gasteiger partial charge is 0.453 e. The van der Waals surface area contributed by atoms with Gasteiger partial charge in [-0.3, -0.25) is 4.90 Å².